The van der Waals surface area contributed by atoms with Gasteiger partial charge in [-0.05, 0) is 20.3 Å². The highest BCUT2D eigenvalue weighted by Crippen LogP contribution is 2.08. The van der Waals surface area contributed by atoms with Crippen molar-refractivity contribution in [1.29, 1.82) is 0 Å². The largest absolute Gasteiger partial charge is 0.392 e. The molecule has 0 spiro atoms. The summed E-state index contributed by atoms with van der Waals surface area (Å²) >= 11 is 0. The molecule has 1 aliphatic rings. The van der Waals surface area contributed by atoms with Crippen LogP contribution in [0.4, 0.5) is 0 Å². The Balaban J connectivity index is 1.92. The second kappa shape index (κ2) is 7.70. The number of aliphatic hydroxyl groups excluding tert-OH is 1. The van der Waals surface area contributed by atoms with Crippen molar-refractivity contribution in [3.05, 3.63) is 27.4 Å². The maximum atomic E-state index is 12.4. The van der Waals surface area contributed by atoms with E-state index in [4.69, 9.17) is 0 Å². The standard InChI is InChI=1S/C16H26N4O3/c1-4-13(21)10-19-5-7-20(8-6-19)15(22)9-14-11(2)17-12(3)18-16(14)23/h13,21H,4-10H2,1-3H3,(H,17,18,23). The summed E-state index contributed by atoms with van der Waals surface area (Å²) in [6, 6.07) is 0. The first-order valence-electron chi connectivity index (χ1n) is 8.15. The second-order valence-corrected chi connectivity index (χ2v) is 6.14. The number of carbonyl (C=O) groups is 1. The molecule has 0 aromatic carbocycles. The molecule has 2 heterocycles. The molecule has 1 saturated heterocycles. The topological polar surface area (TPSA) is 89.5 Å². The van der Waals surface area contributed by atoms with E-state index in [0.29, 0.717) is 36.7 Å². The fourth-order valence-electron chi connectivity index (χ4n) is 2.83. The Morgan fingerprint density at radius 1 is 1.30 bits per heavy atom. The number of hydrogen-bond donors (Lipinski definition) is 2. The van der Waals surface area contributed by atoms with Gasteiger partial charge in [0.1, 0.15) is 5.82 Å². The predicted molar refractivity (Wildman–Crippen MR) is 87.4 cm³/mol. The lowest BCUT2D eigenvalue weighted by Gasteiger charge is -2.35. The molecule has 1 unspecified atom stereocenters. The minimum absolute atomic E-state index is 0.0417. The van der Waals surface area contributed by atoms with Crippen molar-refractivity contribution >= 4 is 5.91 Å². The monoisotopic (exact) mass is 322 g/mol. The normalized spacial score (nSPS) is 17.3. The Bertz CT molecular complexity index is 606. The summed E-state index contributed by atoms with van der Waals surface area (Å²) < 4.78 is 0. The molecule has 0 saturated carbocycles. The fourth-order valence-corrected chi connectivity index (χ4v) is 2.83. The zero-order valence-corrected chi connectivity index (χ0v) is 14.1. The van der Waals surface area contributed by atoms with Gasteiger partial charge in [-0.1, -0.05) is 6.92 Å². The van der Waals surface area contributed by atoms with E-state index < -0.39 is 0 Å². The number of nitrogens with zero attached hydrogens (tertiary/aromatic N) is 3. The highest BCUT2D eigenvalue weighted by Gasteiger charge is 2.23. The quantitative estimate of drug-likeness (QED) is 0.786. The average Bonchev–Trinajstić information content (AvgIpc) is 2.51. The van der Waals surface area contributed by atoms with Crippen LogP contribution < -0.4 is 5.56 Å². The summed E-state index contributed by atoms with van der Waals surface area (Å²) in [5.74, 6) is 0.520. The van der Waals surface area contributed by atoms with Crippen LogP contribution in [0, 0.1) is 13.8 Å². The molecule has 1 fully saturated rings. The van der Waals surface area contributed by atoms with Gasteiger partial charge in [0.15, 0.2) is 0 Å². The molecule has 23 heavy (non-hydrogen) atoms. The zero-order chi connectivity index (χ0) is 17.0. The van der Waals surface area contributed by atoms with E-state index in [-0.39, 0.29) is 24.0 Å². The number of amides is 1. The van der Waals surface area contributed by atoms with Crippen LogP contribution in [-0.2, 0) is 11.2 Å². The number of aliphatic hydroxyl groups is 1. The smallest absolute Gasteiger partial charge is 0.254 e. The van der Waals surface area contributed by atoms with Crippen LogP contribution >= 0.6 is 0 Å². The number of aryl methyl sites for hydroxylation is 2. The molecule has 0 bridgehead atoms. The minimum atomic E-state index is -0.308. The van der Waals surface area contributed by atoms with Crippen molar-refractivity contribution in [3.8, 4) is 0 Å². The fraction of sp³-hybridized carbons (Fsp3) is 0.688. The lowest BCUT2D eigenvalue weighted by atomic mass is 10.1. The summed E-state index contributed by atoms with van der Waals surface area (Å²) in [6.45, 7) is 8.86. The van der Waals surface area contributed by atoms with E-state index in [0.717, 1.165) is 19.5 Å². The van der Waals surface area contributed by atoms with E-state index in [1.807, 2.05) is 6.92 Å². The summed E-state index contributed by atoms with van der Waals surface area (Å²) in [5, 5.41) is 9.70. The molecule has 0 radical (unpaired) electrons. The molecule has 7 heteroatoms. The number of hydrogen-bond acceptors (Lipinski definition) is 5. The van der Waals surface area contributed by atoms with Crippen LogP contribution in [0.2, 0.25) is 0 Å². The second-order valence-electron chi connectivity index (χ2n) is 6.14. The van der Waals surface area contributed by atoms with Crippen molar-refractivity contribution in [2.24, 2.45) is 0 Å². The maximum absolute atomic E-state index is 12.4. The first kappa shape index (κ1) is 17.6. The average molecular weight is 322 g/mol. The molecule has 1 aromatic rings. The first-order valence-corrected chi connectivity index (χ1v) is 8.15. The number of H-pyrrole nitrogens is 1. The van der Waals surface area contributed by atoms with Gasteiger partial charge < -0.3 is 15.0 Å². The van der Waals surface area contributed by atoms with Crippen molar-refractivity contribution < 1.29 is 9.90 Å². The van der Waals surface area contributed by atoms with Crippen molar-refractivity contribution in [2.75, 3.05) is 32.7 Å². The van der Waals surface area contributed by atoms with Gasteiger partial charge in [-0.15, -0.1) is 0 Å². The van der Waals surface area contributed by atoms with Gasteiger partial charge in [0, 0.05) is 44.0 Å². The number of piperazine rings is 1. The molecule has 0 aliphatic carbocycles. The van der Waals surface area contributed by atoms with Crippen molar-refractivity contribution in [1.82, 2.24) is 19.8 Å². The Kier molecular flexibility index (Phi) is 5.90. The van der Waals surface area contributed by atoms with Crippen molar-refractivity contribution in [3.63, 3.8) is 0 Å². The van der Waals surface area contributed by atoms with Gasteiger partial charge in [0.2, 0.25) is 5.91 Å². The Morgan fingerprint density at radius 2 is 1.96 bits per heavy atom. The summed E-state index contributed by atoms with van der Waals surface area (Å²) in [7, 11) is 0. The molecule has 1 aromatic heterocycles. The number of β-amino-alcohol motifs (C(OH)–C–C–N with tert-alkyl or cyclic N) is 1. The zero-order valence-electron chi connectivity index (χ0n) is 14.1. The van der Waals surface area contributed by atoms with Crippen LogP contribution in [0.1, 0.15) is 30.4 Å². The van der Waals surface area contributed by atoms with Gasteiger partial charge in [-0.25, -0.2) is 4.98 Å². The van der Waals surface area contributed by atoms with E-state index in [1.54, 1.807) is 18.7 Å². The highest BCUT2D eigenvalue weighted by atomic mass is 16.3. The van der Waals surface area contributed by atoms with Crippen molar-refractivity contribution in [2.45, 2.75) is 39.7 Å². The number of carbonyl (C=O) groups excluding carboxylic acids is 1. The number of nitrogens with one attached hydrogen (secondary N) is 1. The van der Waals surface area contributed by atoms with Gasteiger partial charge >= 0.3 is 0 Å². The maximum Gasteiger partial charge on any atom is 0.254 e. The van der Waals surface area contributed by atoms with Crippen LogP contribution in [0.3, 0.4) is 0 Å². The van der Waals surface area contributed by atoms with Gasteiger partial charge in [0.05, 0.1) is 12.5 Å². The SMILES string of the molecule is CCC(O)CN1CCN(C(=O)Cc2c(C)nc(C)[nH]c2=O)CC1. The molecule has 2 N–H and O–H groups in total. The summed E-state index contributed by atoms with van der Waals surface area (Å²) in [4.78, 5) is 35.2. The molecule has 128 valence electrons. The van der Waals surface area contributed by atoms with E-state index in [1.165, 1.54) is 0 Å². The first-order chi connectivity index (χ1) is 10.9. The number of aromatic amines is 1. The van der Waals surface area contributed by atoms with Crippen LogP contribution in [0.25, 0.3) is 0 Å². The molecule has 1 amide bonds. The molecular formula is C16H26N4O3. The third kappa shape index (κ3) is 4.62. The Morgan fingerprint density at radius 3 is 2.52 bits per heavy atom. The van der Waals surface area contributed by atoms with E-state index in [2.05, 4.69) is 14.9 Å². The molecule has 1 aliphatic heterocycles. The predicted octanol–water partition coefficient (Wildman–Crippen LogP) is -0.156. The minimum Gasteiger partial charge on any atom is -0.392 e. The molecule has 1 atom stereocenters. The number of aromatic nitrogens is 2. The Hall–Kier alpha value is -1.73. The van der Waals surface area contributed by atoms with Crippen LogP contribution in [0.5, 0.6) is 0 Å². The third-order valence-corrected chi connectivity index (χ3v) is 4.33. The number of rotatable bonds is 5. The lowest BCUT2D eigenvalue weighted by molar-refractivity contribution is -0.132. The van der Waals surface area contributed by atoms with Gasteiger partial charge in [-0.2, -0.15) is 0 Å². The lowest BCUT2D eigenvalue weighted by Crippen LogP contribution is -2.51. The van der Waals surface area contributed by atoms with Crippen LogP contribution in [0.15, 0.2) is 4.79 Å². The van der Waals surface area contributed by atoms with E-state index in [9.17, 15) is 14.7 Å². The van der Waals surface area contributed by atoms with Gasteiger partial charge in [0.25, 0.3) is 5.56 Å². The van der Waals surface area contributed by atoms with E-state index >= 15 is 0 Å². The molecule has 2 rings (SSSR count). The molecule has 7 nitrogen and oxygen atoms in total. The summed E-state index contributed by atoms with van der Waals surface area (Å²) in [6.07, 6.45) is 0.519. The molecular weight excluding hydrogens is 296 g/mol. The van der Waals surface area contributed by atoms with Crippen LogP contribution in [-0.4, -0.2) is 69.6 Å². The summed E-state index contributed by atoms with van der Waals surface area (Å²) in [5.41, 5.74) is 0.835. The third-order valence-electron chi connectivity index (χ3n) is 4.33. The van der Waals surface area contributed by atoms with Gasteiger partial charge in [-0.3, -0.25) is 14.5 Å². The Labute approximate surface area is 136 Å². The highest BCUT2D eigenvalue weighted by molar-refractivity contribution is 5.79.